The van der Waals surface area contributed by atoms with Gasteiger partial charge in [-0.05, 0) is 46.4 Å². The van der Waals surface area contributed by atoms with Crippen LogP contribution in [0.1, 0.15) is 5.56 Å². The molecule has 0 bridgehead atoms. The molecule has 0 aromatic heterocycles. The highest BCUT2D eigenvalue weighted by atomic mass is 127. The number of halogens is 2. The van der Waals surface area contributed by atoms with E-state index in [-0.39, 0.29) is 10.9 Å². The molecule has 2 N–H and O–H groups in total. The molecule has 5 nitrogen and oxygen atoms in total. The van der Waals surface area contributed by atoms with Crippen molar-refractivity contribution in [1.29, 1.82) is 0 Å². The molecule has 1 amide bonds. The minimum absolute atomic E-state index is 0.278. The molecule has 0 saturated carbocycles. The number of amides is 1. The summed E-state index contributed by atoms with van der Waals surface area (Å²) < 4.78 is 25.4. The number of rotatable bonds is 5. The van der Waals surface area contributed by atoms with Gasteiger partial charge in [0.15, 0.2) is 0 Å². The van der Waals surface area contributed by atoms with Gasteiger partial charge in [0.25, 0.3) is 0 Å². The molecule has 0 aliphatic carbocycles. The van der Waals surface area contributed by atoms with Gasteiger partial charge in [0.2, 0.25) is 15.9 Å². The van der Waals surface area contributed by atoms with Gasteiger partial charge in [0, 0.05) is 10.1 Å². The van der Waals surface area contributed by atoms with Crippen molar-refractivity contribution < 1.29 is 13.2 Å². The maximum Gasteiger partial charge on any atom is 0.243 e. The number of carbonyl (C=O) groups is 1. The average molecular weight is 415 g/mol. The first-order chi connectivity index (χ1) is 8.73. The van der Waals surface area contributed by atoms with Gasteiger partial charge >= 0.3 is 0 Å². The predicted octanol–water partition coefficient (Wildman–Crippen LogP) is 2.12. The summed E-state index contributed by atoms with van der Waals surface area (Å²) >= 11 is 8.00. The highest BCUT2D eigenvalue weighted by molar-refractivity contribution is 14.1. The zero-order valence-corrected chi connectivity index (χ0v) is 13.8. The Labute approximate surface area is 130 Å². The molecule has 1 aromatic carbocycles. The summed E-state index contributed by atoms with van der Waals surface area (Å²) in [6, 6.07) is 3.34. The van der Waals surface area contributed by atoms with Crippen molar-refractivity contribution in [1.82, 2.24) is 5.32 Å². The fraction of sp³-hybridized carbons (Fsp3) is 0.182. The molecule has 0 saturated heterocycles. The zero-order valence-electron chi connectivity index (χ0n) is 10.0. The van der Waals surface area contributed by atoms with Crippen LogP contribution >= 0.6 is 34.2 Å². The lowest BCUT2D eigenvalue weighted by atomic mass is 10.2. The van der Waals surface area contributed by atoms with Gasteiger partial charge in [-0.3, -0.25) is 9.52 Å². The molecule has 0 unspecified atom stereocenters. The molecule has 1 rings (SSSR count). The van der Waals surface area contributed by atoms with Gasteiger partial charge in [0.05, 0.1) is 17.0 Å². The number of anilines is 1. The van der Waals surface area contributed by atoms with Crippen molar-refractivity contribution in [2.45, 2.75) is 6.54 Å². The van der Waals surface area contributed by atoms with Crippen LogP contribution in [0.25, 0.3) is 0 Å². The molecule has 0 aliphatic heterocycles. The monoisotopic (exact) mass is 414 g/mol. The second-order valence-corrected chi connectivity index (χ2v) is 7.05. The van der Waals surface area contributed by atoms with E-state index < -0.39 is 10.0 Å². The smallest absolute Gasteiger partial charge is 0.243 e. The molecule has 0 aliphatic rings. The lowest BCUT2D eigenvalue weighted by Crippen LogP contribution is -2.20. The largest absolute Gasteiger partial charge is 0.348 e. The summed E-state index contributed by atoms with van der Waals surface area (Å²) in [5.74, 6) is -0.288. The zero-order chi connectivity index (χ0) is 14.6. The van der Waals surface area contributed by atoms with Crippen LogP contribution in [-0.2, 0) is 21.4 Å². The highest BCUT2D eigenvalue weighted by Gasteiger charge is 2.12. The molecule has 0 fully saturated rings. The third-order valence-corrected chi connectivity index (χ3v) is 3.77. The molecule has 0 radical (unpaired) electrons. The van der Waals surface area contributed by atoms with Gasteiger partial charge in [-0.2, -0.15) is 0 Å². The summed E-state index contributed by atoms with van der Waals surface area (Å²) in [5.41, 5.74) is 1.10. The van der Waals surface area contributed by atoms with Crippen molar-refractivity contribution in [3.05, 3.63) is 38.9 Å². The summed E-state index contributed by atoms with van der Waals surface area (Å²) in [4.78, 5) is 11.1. The van der Waals surface area contributed by atoms with E-state index in [9.17, 15) is 13.2 Å². The Kier molecular flexibility index (Phi) is 5.63. The van der Waals surface area contributed by atoms with Gasteiger partial charge in [-0.25, -0.2) is 8.42 Å². The lowest BCUT2D eigenvalue weighted by molar-refractivity contribution is -0.116. The van der Waals surface area contributed by atoms with Gasteiger partial charge in [-0.1, -0.05) is 18.2 Å². The van der Waals surface area contributed by atoms with E-state index in [0.29, 0.717) is 15.8 Å². The van der Waals surface area contributed by atoms with E-state index in [1.54, 1.807) is 12.1 Å². The van der Waals surface area contributed by atoms with Crippen LogP contribution in [0.4, 0.5) is 5.69 Å². The van der Waals surface area contributed by atoms with Gasteiger partial charge in [0.1, 0.15) is 0 Å². The quantitative estimate of drug-likeness (QED) is 0.572. The van der Waals surface area contributed by atoms with Crippen molar-refractivity contribution in [3.63, 3.8) is 0 Å². The van der Waals surface area contributed by atoms with Gasteiger partial charge < -0.3 is 5.32 Å². The van der Waals surface area contributed by atoms with Crippen LogP contribution in [-0.4, -0.2) is 20.6 Å². The third kappa shape index (κ3) is 5.37. The Morgan fingerprint density at radius 2 is 2.16 bits per heavy atom. The number of benzene rings is 1. The first-order valence-corrected chi connectivity index (χ1v) is 8.43. The number of nitrogens with one attached hydrogen (secondary N) is 2. The summed E-state index contributed by atoms with van der Waals surface area (Å²) in [5, 5.41) is 2.89. The standard InChI is InChI=1S/C11H12ClIN2O3S/c1-3-10(16)14-6-7-4-8(12)11(9(13)5-7)15-19(2,17)18/h3-5,15H,1,6H2,2H3,(H,14,16). The summed E-state index contributed by atoms with van der Waals surface area (Å²) in [6.45, 7) is 3.64. The van der Waals surface area contributed by atoms with Gasteiger partial charge in [-0.15, -0.1) is 0 Å². The van der Waals surface area contributed by atoms with E-state index in [0.717, 1.165) is 11.8 Å². The maximum atomic E-state index is 11.2. The van der Waals surface area contributed by atoms with Crippen molar-refractivity contribution in [2.24, 2.45) is 0 Å². The third-order valence-electron chi connectivity index (χ3n) is 2.04. The van der Waals surface area contributed by atoms with E-state index in [1.165, 1.54) is 6.08 Å². The molecular weight excluding hydrogens is 403 g/mol. The van der Waals surface area contributed by atoms with E-state index in [2.05, 4.69) is 16.6 Å². The SMILES string of the molecule is C=CC(=O)NCc1cc(Cl)c(NS(C)(=O)=O)c(I)c1. The van der Waals surface area contributed by atoms with Crippen LogP contribution in [0.2, 0.25) is 5.02 Å². The molecule has 19 heavy (non-hydrogen) atoms. The second-order valence-electron chi connectivity index (χ2n) is 3.73. The van der Waals surface area contributed by atoms with Crippen LogP contribution in [0.5, 0.6) is 0 Å². The Morgan fingerprint density at radius 3 is 2.63 bits per heavy atom. The summed E-state index contributed by atoms with van der Waals surface area (Å²) in [7, 11) is -3.39. The predicted molar refractivity (Wildman–Crippen MR) is 84.7 cm³/mol. The topological polar surface area (TPSA) is 75.3 Å². The number of sulfonamides is 1. The van der Waals surface area contributed by atoms with Crippen LogP contribution in [0, 0.1) is 3.57 Å². The first-order valence-electron chi connectivity index (χ1n) is 5.09. The number of carbonyl (C=O) groups excluding carboxylic acids is 1. The first kappa shape index (κ1) is 16.3. The fourth-order valence-electron chi connectivity index (χ4n) is 1.27. The number of hydrogen-bond donors (Lipinski definition) is 2. The Bertz CT molecular complexity index is 593. The minimum Gasteiger partial charge on any atom is -0.348 e. The molecule has 1 aromatic rings. The fourth-order valence-corrected chi connectivity index (χ4v) is 3.38. The summed E-state index contributed by atoms with van der Waals surface area (Å²) in [6.07, 6.45) is 2.23. The van der Waals surface area contributed by atoms with Crippen LogP contribution in [0.3, 0.4) is 0 Å². The van der Waals surface area contributed by atoms with E-state index in [1.807, 2.05) is 22.6 Å². The molecule has 0 heterocycles. The Balaban J connectivity index is 2.97. The molecule has 0 atom stereocenters. The van der Waals surface area contributed by atoms with Crippen molar-refractivity contribution in [3.8, 4) is 0 Å². The Hall–Kier alpha value is -0.800. The van der Waals surface area contributed by atoms with Crippen molar-refractivity contribution >= 4 is 55.8 Å². The van der Waals surface area contributed by atoms with Crippen molar-refractivity contribution in [2.75, 3.05) is 11.0 Å². The average Bonchev–Trinajstić information content (AvgIpc) is 2.29. The Morgan fingerprint density at radius 1 is 1.53 bits per heavy atom. The number of hydrogen-bond acceptors (Lipinski definition) is 3. The molecule has 8 heteroatoms. The van der Waals surface area contributed by atoms with Crippen LogP contribution in [0.15, 0.2) is 24.8 Å². The van der Waals surface area contributed by atoms with E-state index in [4.69, 9.17) is 11.6 Å². The normalized spacial score (nSPS) is 10.9. The second kappa shape index (κ2) is 6.58. The van der Waals surface area contributed by atoms with E-state index >= 15 is 0 Å². The minimum atomic E-state index is -3.39. The molecule has 104 valence electrons. The lowest BCUT2D eigenvalue weighted by Gasteiger charge is -2.11. The molecular formula is C11H12ClIN2O3S. The molecule has 0 spiro atoms. The maximum absolute atomic E-state index is 11.2. The highest BCUT2D eigenvalue weighted by Crippen LogP contribution is 2.30. The van der Waals surface area contributed by atoms with Crippen LogP contribution < -0.4 is 10.0 Å².